The van der Waals surface area contributed by atoms with Gasteiger partial charge in [-0.25, -0.2) is 0 Å². The molecule has 1 fully saturated rings. The van der Waals surface area contributed by atoms with Crippen LogP contribution in [-0.2, 0) is 11.3 Å². The largest absolute Gasteiger partial charge is 0.491 e. The molecule has 32 heavy (non-hydrogen) atoms. The number of fused-ring (bicyclic) bond motifs is 1. The zero-order valence-electron chi connectivity index (χ0n) is 18.3. The first-order valence-electron chi connectivity index (χ1n) is 10.7. The van der Waals surface area contributed by atoms with E-state index in [1.165, 1.54) is 5.56 Å². The second kappa shape index (κ2) is 10.1. The van der Waals surface area contributed by atoms with Crippen LogP contribution < -0.4 is 18.9 Å². The molecule has 0 aliphatic carbocycles. The van der Waals surface area contributed by atoms with Gasteiger partial charge in [-0.15, -0.1) is 0 Å². The first-order chi connectivity index (χ1) is 15.6. The number of nitrogens with zero attached hydrogens (tertiary/aromatic N) is 2. The van der Waals surface area contributed by atoms with Crippen molar-refractivity contribution in [3.05, 3.63) is 52.6 Å². The van der Waals surface area contributed by atoms with Crippen molar-refractivity contribution in [1.82, 2.24) is 9.80 Å². The van der Waals surface area contributed by atoms with Gasteiger partial charge in [0.1, 0.15) is 0 Å². The smallest absolute Gasteiger partial charge is 0.246 e. The molecule has 2 aromatic rings. The minimum Gasteiger partial charge on any atom is -0.491 e. The molecule has 0 unspecified atom stereocenters. The molecule has 170 valence electrons. The Labute approximate surface area is 193 Å². The Hall–Kier alpha value is -2.90. The lowest BCUT2D eigenvalue weighted by atomic mass is 10.1. The number of amides is 1. The summed E-state index contributed by atoms with van der Waals surface area (Å²) >= 11 is 6.29. The third-order valence-electron chi connectivity index (χ3n) is 5.48. The maximum absolute atomic E-state index is 12.7. The van der Waals surface area contributed by atoms with Gasteiger partial charge in [0.2, 0.25) is 12.7 Å². The summed E-state index contributed by atoms with van der Waals surface area (Å²) in [6.45, 7) is 6.49. The van der Waals surface area contributed by atoms with Crippen LogP contribution in [0.1, 0.15) is 18.1 Å². The van der Waals surface area contributed by atoms with E-state index in [4.69, 9.17) is 30.5 Å². The highest BCUT2D eigenvalue weighted by molar-refractivity contribution is 6.32. The molecule has 2 aliphatic rings. The highest BCUT2D eigenvalue weighted by atomic mass is 35.5. The van der Waals surface area contributed by atoms with E-state index in [0.717, 1.165) is 36.7 Å². The molecule has 1 saturated heterocycles. The molecule has 0 spiro atoms. The van der Waals surface area contributed by atoms with Crippen molar-refractivity contribution in [1.29, 1.82) is 0 Å². The van der Waals surface area contributed by atoms with Crippen molar-refractivity contribution in [2.24, 2.45) is 0 Å². The number of hydrogen-bond donors (Lipinski definition) is 0. The van der Waals surface area contributed by atoms with Crippen molar-refractivity contribution >= 4 is 23.6 Å². The highest BCUT2D eigenvalue weighted by Crippen LogP contribution is 2.36. The van der Waals surface area contributed by atoms with Gasteiger partial charge in [0.15, 0.2) is 23.0 Å². The minimum absolute atomic E-state index is 0.0161. The number of methoxy groups -OCH3 is 1. The molecular formula is C24H27ClN2O5. The molecule has 2 aliphatic heterocycles. The van der Waals surface area contributed by atoms with Crippen molar-refractivity contribution in [3.8, 4) is 23.0 Å². The number of hydrogen-bond acceptors (Lipinski definition) is 6. The van der Waals surface area contributed by atoms with Crippen LogP contribution in [0.4, 0.5) is 0 Å². The van der Waals surface area contributed by atoms with Crippen LogP contribution in [0.2, 0.25) is 5.02 Å². The fourth-order valence-corrected chi connectivity index (χ4v) is 4.14. The van der Waals surface area contributed by atoms with E-state index in [0.29, 0.717) is 36.2 Å². The lowest BCUT2D eigenvalue weighted by Crippen LogP contribution is -2.47. The topological polar surface area (TPSA) is 60.5 Å². The number of carbonyl (C=O) groups is 1. The SMILES string of the molecule is CCOc1cc(/C=C/C(=O)N2CCN(Cc3ccc4c(c3)OCO4)CC2)cc(Cl)c1OC. The predicted octanol–water partition coefficient (Wildman–Crippen LogP) is 3.83. The quantitative estimate of drug-likeness (QED) is 0.588. The van der Waals surface area contributed by atoms with Gasteiger partial charge in [0, 0.05) is 38.8 Å². The fourth-order valence-electron chi connectivity index (χ4n) is 3.84. The second-order valence-corrected chi connectivity index (χ2v) is 8.00. The molecular weight excluding hydrogens is 432 g/mol. The Morgan fingerprint density at radius 2 is 1.91 bits per heavy atom. The van der Waals surface area contributed by atoms with Crippen LogP contribution in [0.3, 0.4) is 0 Å². The second-order valence-electron chi connectivity index (χ2n) is 7.59. The predicted molar refractivity (Wildman–Crippen MR) is 123 cm³/mol. The normalized spacial score (nSPS) is 15.9. The van der Waals surface area contributed by atoms with Gasteiger partial charge in [-0.1, -0.05) is 17.7 Å². The zero-order chi connectivity index (χ0) is 22.5. The van der Waals surface area contributed by atoms with Gasteiger partial charge in [0.05, 0.1) is 18.7 Å². The molecule has 8 heteroatoms. The van der Waals surface area contributed by atoms with Crippen LogP contribution in [0.25, 0.3) is 6.08 Å². The van der Waals surface area contributed by atoms with Crippen LogP contribution in [0.15, 0.2) is 36.4 Å². The Bertz CT molecular complexity index is 1000. The first-order valence-corrected chi connectivity index (χ1v) is 11.0. The standard InChI is InChI=1S/C24H27ClN2O5/c1-3-30-22-13-17(12-19(25)24(22)29-2)5-7-23(28)27-10-8-26(9-11-27)15-18-4-6-20-21(14-18)32-16-31-20/h4-7,12-14H,3,8-11,15-16H2,1-2H3/b7-5+. The number of rotatable bonds is 7. The number of benzene rings is 2. The molecule has 0 bridgehead atoms. The third kappa shape index (κ3) is 5.11. The molecule has 7 nitrogen and oxygen atoms in total. The van der Waals surface area contributed by atoms with Crippen molar-refractivity contribution in [2.75, 3.05) is 46.7 Å². The average Bonchev–Trinajstić information content (AvgIpc) is 3.26. The van der Waals surface area contributed by atoms with Gasteiger partial charge in [-0.05, 0) is 48.4 Å². The lowest BCUT2D eigenvalue weighted by molar-refractivity contribution is -0.127. The number of carbonyl (C=O) groups excluding carboxylic acids is 1. The lowest BCUT2D eigenvalue weighted by Gasteiger charge is -2.34. The third-order valence-corrected chi connectivity index (χ3v) is 5.76. The summed E-state index contributed by atoms with van der Waals surface area (Å²) in [4.78, 5) is 16.9. The Morgan fingerprint density at radius 3 is 2.66 bits per heavy atom. The molecule has 0 aromatic heterocycles. The maximum atomic E-state index is 12.7. The summed E-state index contributed by atoms with van der Waals surface area (Å²) in [5.41, 5.74) is 1.96. The molecule has 1 amide bonds. The minimum atomic E-state index is -0.0161. The summed E-state index contributed by atoms with van der Waals surface area (Å²) in [5, 5.41) is 0.447. The number of ether oxygens (including phenoxy) is 4. The summed E-state index contributed by atoms with van der Waals surface area (Å²) in [6, 6.07) is 9.62. The summed E-state index contributed by atoms with van der Waals surface area (Å²) in [7, 11) is 1.55. The van der Waals surface area contributed by atoms with Crippen LogP contribution in [-0.4, -0.2) is 62.4 Å². The van der Waals surface area contributed by atoms with E-state index in [1.54, 1.807) is 25.3 Å². The van der Waals surface area contributed by atoms with Gasteiger partial charge in [-0.3, -0.25) is 9.69 Å². The van der Waals surface area contributed by atoms with Gasteiger partial charge < -0.3 is 23.8 Å². The molecule has 0 atom stereocenters. The zero-order valence-corrected chi connectivity index (χ0v) is 19.1. The Kier molecular flexibility index (Phi) is 7.07. The van der Waals surface area contributed by atoms with Gasteiger partial charge >= 0.3 is 0 Å². The molecule has 2 aromatic carbocycles. The monoisotopic (exact) mass is 458 g/mol. The van der Waals surface area contributed by atoms with Crippen molar-refractivity contribution in [2.45, 2.75) is 13.5 Å². The maximum Gasteiger partial charge on any atom is 0.246 e. The van der Waals surface area contributed by atoms with Gasteiger partial charge in [-0.2, -0.15) is 0 Å². The summed E-state index contributed by atoms with van der Waals surface area (Å²) in [6.07, 6.45) is 3.34. The number of piperazine rings is 1. The van der Waals surface area contributed by atoms with E-state index in [2.05, 4.69) is 11.0 Å². The first kappa shape index (κ1) is 22.3. The van der Waals surface area contributed by atoms with Crippen LogP contribution >= 0.6 is 11.6 Å². The Balaban J connectivity index is 1.32. The molecule has 2 heterocycles. The molecule has 4 rings (SSSR count). The van der Waals surface area contributed by atoms with E-state index in [9.17, 15) is 4.79 Å². The van der Waals surface area contributed by atoms with E-state index < -0.39 is 0 Å². The van der Waals surface area contributed by atoms with E-state index in [1.807, 2.05) is 30.0 Å². The summed E-state index contributed by atoms with van der Waals surface area (Å²) in [5.74, 6) is 2.63. The van der Waals surface area contributed by atoms with Crippen LogP contribution in [0, 0.1) is 0 Å². The van der Waals surface area contributed by atoms with E-state index in [-0.39, 0.29) is 12.7 Å². The molecule has 0 saturated carbocycles. The van der Waals surface area contributed by atoms with Crippen molar-refractivity contribution in [3.63, 3.8) is 0 Å². The molecule has 0 radical (unpaired) electrons. The molecule has 0 N–H and O–H groups in total. The average molecular weight is 459 g/mol. The van der Waals surface area contributed by atoms with Gasteiger partial charge in [0.25, 0.3) is 0 Å². The Morgan fingerprint density at radius 1 is 1.12 bits per heavy atom. The fraction of sp³-hybridized carbons (Fsp3) is 0.375. The van der Waals surface area contributed by atoms with Crippen molar-refractivity contribution < 1.29 is 23.7 Å². The van der Waals surface area contributed by atoms with E-state index >= 15 is 0 Å². The van der Waals surface area contributed by atoms with Crippen LogP contribution in [0.5, 0.6) is 23.0 Å². The summed E-state index contributed by atoms with van der Waals surface area (Å²) < 4.78 is 21.7. The highest BCUT2D eigenvalue weighted by Gasteiger charge is 2.21. The number of halogens is 1.